The lowest BCUT2D eigenvalue weighted by atomic mass is 10.1. The Hall–Kier alpha value is -3.54. The van der Waals surface area contributed by atoms with Gasteiger partial charge in [0.05, 0.1) is 17.4 Å². The number of anilines is 3. The van der Waals surface area contributed by atoms with Crippen molar-refractivity contribution in [3.63, 3.8) is 0 Å². The van der Waals surface area contributed by atoms with E-state index in [1.807, 2.05) is 36.4 Å². The Bertz CT molecular complexity index is 911. The number of hydrogen-bond donors (Lipinski definition) is 2. The molecule has 1 aliphatic heterocycles. The SMILES string of the molecule is O=C(Nc1ccc(Nc2ccccc2)nc1)c1cccc2c1OCCO2. The zero-order chi connectivity index (χ0) is 17.8. The van der Waals surface area contributed by atoms with Gasteiger partial charge >= 0.3 is 0 Å². The van der Waals surface area contributed by atoms with Crippen LogP contribution in [-0.2, 0) is 0 Å². The van der Waals surface area contributed by atoms with Crippen molar-refractivity contribution in [1.82, 2.24) is 4.98 Å². The van der Waals surface area contributed by atoms with Crippen LogP contribution in [0.5, 0.6) is 11.5 Å². The Labute approximate surface area is 150 Å². The molecule has 6 nitrogen and oxygen atoms in total. The molecule has 0 saturated carbocycles. The van der Waals surface area contributed by atoms with Gasteiger partial charge in [-0.25, -0.2) is 4.98 Å². The minimum atomic E-state index is -0.266. The molecule has 0 atom stereocenters. The van der Waals surface area contributed by atoms with E-state index in [1.54, 1.807) is 30.5 Å². The molecule has 2 aromatic carbocycles. The maximum Gasteiger partial charge on any atom is 0.259 e. The number of hydrogen-bond acceptors (Lipinski definition) is 5. The molecular weight excluding hydrogens is 330 g/mol. The molecular formula is C20H17N3O3. The maximum absolute atomic E-state index is 12.6. The summed E-state index contributed by atoms with van der Waals surface area (Å²) in [6.45, 7) is 0.913. The van der Waals surface area contributed by atoms with Crippen molar-refractivity contribution in [3.05, 3.63) is 72.4 Å². The van der Waals surface area contributed by atoms with Gasteiger partial charge in [-0.15, -0.1) is 0 Å². The summed E-state index contributed by atoms with van der Waals surface area (Å²) < 4.78 is 11.1. The van der Waals surface area contributed by atoms with Crippen LogP contribution in [0, 0.1) is 0 Å². The molecule has 2 N–H and O–H groups in total. The van der Waals surface area contributed by atoms with Gasteiger partial charge in [0.15, 0.2) is 11.5 Å². The lowest BCUT2D eigenvalue weighted by Crippen LogP contribution is -2.20. The minimum absolute atomic E-state index is 0.266. The fourth-order valence-corrected chi connectivity index (χ4v) is 2.66. The van der Waals surface area contributed by atoms with Crippen LogP contribution in [0.2, 0.25) is 0 Å². The lowest BCUT2D eigenvalue weighted by Gasteiger charge is -2.20. The van der Waals surface area contributed by atoms with Crippen molar-refractivity contribution in [2.75, 3.05) is 23.8 Å². The van der Waals surface area contributed by atoms with Crippen LogP contribution in [-0.4, -0.2) is 24.1 Å². The van der Waals surface area contributed by atoms with E-state index < -0.39 is 0 Å². The van der Waals surface area contributed by atoms with Crippen LogP contribution in [0.15, 0.2) is 66.9 Å². The van der Waals surface area contributed by atoms with Gasteiger partial charge in [-0.3, -0.25) is 4.79 Å². The van der Waals surface area contributed by atoms with Gasteiger partial charge in [0, 0.05) is 5.69 Å². The summed E-state index contributed by atoms with van der Waals surface area (Å²) in [5.74, 6) is 1.50. The molecule has 0 fully saturated rings. The first-order valence-corrected chi connectivity index (χ1v) is 8.28. The number of fused-ring (bicyclic) bond motifs is 1. The van der Waals surface area contributed by atoms with Crippen molar-refractivity contribution in [2.45, 2.75) is 0 Å². The number of nitrogens with zero attached hydrogens (tertiary/aromatic N) is 1. The second-order valence-corrected chi connectivity index (χ2v) is 5.71. The number of ether oxygens (including phenoxy) is 2. The van der Waals surface area contributed by atoms with Gasteiger partial charge in [-0.05, 0) is 36.4 Å². The monoisotopic (exact) mass is 347 g/mol. The van der Waals surface area contributed by atoms with Crippen molar-refractivity contribution >= 4 is 23.1 Å². The molecule has 1 amide bonds. The molecule has 4 rings (SSSR count). The molecule has 0 radical (unpaired) electrons. The summed E-state index contributed by atoms with van der Waals surface area (Å²) in [4.78, 5) is 16.9. The van der Waals surface area contributed by atoms with Crippen LogP contribution in [0.3, 0.4) is 0 Å². The second-order valence-electron chi connectivity index (χ2n) is 5.71. The van der Waals surface area contributed by atoms with Crippen molar-refractivity contribution in [3.8, 4) is 11.5 Å². The van der Waals surface area contributed by atoms with Gasteiger partial charge in [-0.1, -0.05) is 24.3 Å². The quantitative estimate of drug-likeness (QED) is 0.750. The van der Waals surface area contributed by atoms with Gasteiger partial charge in [-0.2, -0.15) is 0 Å². The molecule has 130 valence electrons. The maximum atomic E-state index is 12.6. The van der Waals surface area contributed by atoms with Crippen LogP contribution < -0.4 is 20.1 Å². The van der Waals surface area contributed by atoms with E-state index in [2.05, 4.69) is 15.6 Å². The first kappa shape index (κ1) is 16.0. The Kier molecular flexibility index (Phi) is 4.38. The smallest absolute Gasteiger partial charge is 0.259 e. The summed E-state index contributed by atoms with van der Waals surface area (Å²) in [5, 5.41) is 6.03. The van der Waals surface area contributed by atoms with Crippen LogP contribution >= 0.6 is 0 Å². The highest BCUT2D eigenvalue weighted by molar-refractivity contribution is 6.06. The summed E-state index contributed by atoms with van der Waals surface area (Å²) >= 11 is 0. The number of amides is 1. The third-order valence-corrected chi connectivity index (χ3v) is 3.88. The highest BCUT2D eigenvalue weighted by atomic mass is 16.6. The predicted octanol–water partition coefficient (Wildman–Crippen LogP) is 3.85. The van der Waals surface area contributed by atoms with Crippen molar-refractivity contribution < 1.29 is 14.3 Å². The lowest BCUT2D eigenvalue weighted by molar-refractivity contribution is 0.101. The number of carbonyl (C=O) groups is 1. The highest BCUT2D eigenvalue weighted by Gasteiger charge is 2.20. The van der Waals surface area contributed by atoms with E-state index >= 15 is 0 Å². The fourth-order valence-electron chi connectivity index (χ4n) is 2.66. The second kappa shape index (κ2) is 7.14. The zero-order valence-corrected chi connectivity index (χ0v) is 13.9. The zero-order valence-electron chi connectivity index (χ0n) is 13.9. The Balaban J connectivity index is 1.47. The largest absolute Gasteiger partial charge is 0.486 e. The predicted molar refractivity (Wildman–Crippen MR) is 99.3 cm³/mol. The molecule has 0 bridgehead atoms. The molecule has 0 unspecified atom stereocenters. The molecule has 26 heavy (non-hydrogen) atoms. The normalized spacial score (nSPS) is 12.3. The third kappa shape index (κ3) is 3.44. The van der Waals surface area contributed by atoms with Gasteiger partial charge < -0.3 is 20.1 Å². The Morgan fingerprint density at radius 3 is 2.54 bits per heavy atom. The number of carbonyl (C=O) groups excluding carboxylic acids is 1. The van der Waals surface area contributed by atoms with E-state index in [0.29, 0.717) is 41.8 Å². The van der Waals surface area contributed by atoms with Crippen molar-refractivity contribution in [2.24, 2.45) is 0 Å². The Morgan fingerprint density at radius 1 is 0.885 bits per heavy atom. The molecule has 1 aliphatic rings. The van der Waals surface area contributed by atoms with Gasteiger partial charge in [0.1, 0.15) is 19.0 Å². The number of para-hydroxylation sites is 2. The number of nitrogens with one attached hydrogen (secondary N) is 2. The van der Waals surface area contributed by atoms with E-state index in [4.69, 9.17) is 9.47 Å². The number of pyridine rings is 1. The molecule has 3 aromatic rings. The molecule has 0 saturated heterocycles. The summed E-state index contributed by atoms with van der Waals surface area (Å²) in [5.41, 5.74) is 1.99. The molecule has 2 heterocycles. The van der Waals surface area contributed by atoms with Crippen molar-refractivity contribution in [1.29, 1.82) is 0 Å². The first-order chi connectivity index (χ1) is 12.8. The summed E-state index contributed by atoms with van der Waals surface area (Å²) in [7, 11) is 0. The number of benzene rings is 2. The van der Waals surface area contributed by atoms with Crippen LogP contribution in [0.4, 0.5) is 17.2 Å². The first-order valence-electron chi connectivity index (χ1n) is 8.28. The number of aromatic nitrogens is 1. The average Bonchev–Trinajstić information content (AvgIpc) is 2.70. The molecule has 0 aliphatic carbocycles. The fraction of sp³-hybridized carbons (Fsp3) is 0.100. The van der Waals surface area contributed by atoms with E-state index in [0.717, 1.165) is 5.69 Å². The van der Waals surface area contributed by atoms with Gasteiger partial charge in [0.2, 0.25) is 0 Å². The summed E-state index contributed by atoms with van der Waals surface area (Å²) in [6.07, 6.45) is 1.61. The van der Waals surface area contributed by atoms with E-state index in [9.17, 15) is 4.79 Å². The van der Waals surface area contributed by atoms with Gasteiger partial charge in [0.25, 0.3) is 5.91 Å². The molecule has 6 heteroatoms. The minimum Gasteiger partial charge on any atom is -0.486 e. The standard InChI is InChI=1S/C20H17N3O3/c24-20(16-7-4-8-17-19(16)26-12-11-25-17)23-15-9-10-18(21-13-15)22-14-5-2-1-3-6-14/h1-10,13H,11-12H2,(H,21,22)(H,23,24). The van der Waals surface area contributed by atoms with Crippen LogP contribution in [0.1, 0.15) is 10.4 Å². The molecule has 0 spiro atoms. The topological polar surface area (TPSA) is 72.5 Å². The van der Waals surface area contributed by atoms with E-state index in [1.165, 1.54) is 0 Å². The third-order valence-electron chi connectivity index (χ3n) is 3.88. The Morgan fingerprint density at radius 2 is 1.73 bits per heavy atom. The highest BCUT2D eigenvalue weighted by Crippen LogP contribution is 2.34. The number of rotatable bonds is 4. The van der Waals surface area contributed by atoms with Crippen LogP contribution in [0.25, 0.3) is 0 Å². The average molecular weight is 347 g/mol. The summed E-state index contributed by atoms with van der Waals surface area (Å²) in [6, 6.07) is 18.6. The molecule has 1 aromatic heterocycles. The van der Waals surface area contributed by atoms with E-state index in [-0.39, 0.29) is 5.91 Å².